The van der Waals surface area contributed by atoms with Gasteiger partial charge in [0.2, 0.25) is 0 Å². The lowest BCUT2D eigenvalue weighted by Gasteiger charge is -2.37. The standard InChI is InChI=1S/C22H27NO/c1-5-12-21(24)22(17-18(2)23(3)4,19-13-8-6-9-14-19)20-15-10-7-11-16-20/h5-11,13-16,18H,1,12,17H2,2-4H3/t18-/m0/s1. The van der Waals surface area contributed by atoms with Crippen LogP contribution in [0.3, 0.4) is 0 Å². The predicted molar refractivity (Wildman–Crippen MR) is 101 cm³/mol. The fourth-order valence-electron chi connectivity index (χ4n) is 3.21. The molecule has 0 amide bonds. The first-order chi connectivity index (χ1) is 11.5. The quantitative estimate of drug-likeness (QED) is 0.669. The Balaban J connectivity index is 2.68. The third kappa shape index (κ3) is 3.65. The maximum Gasteiger partial charge on any atom is 0.151 e. The molecule has 1 atom stereocenters. The molecule has 24 heavy (non-hydrogen) atoms. The van der Waals surface area contributed by atoms with Crippen molar-refractivity contribution in [3.05, 3.63) is 84.4 Å². The molecule has 0 heterocycles. The number of rotatable bonds is 8. The Hall–Kier alpha value is -2.19. The highest BCUT2D eigenvalue weighted by Crippen LogP contribution is 2.39. The summed E-state index contributed by atoms with van der Waals surface area (Å²) in [5.74, 6) is 0.198. The van der Waals surface area contributed by atoms with Gasteiger partial charge in [0, 0.05) is 12.5 Å². The Bertz CT molecular complexity index is 621. The van der Waals surface area contributed by atoms with Crippen LogP contribution in [0.15, 0.2) is 73.3 Å². The molecule has 0 saturated heterocycles. The summed E-state index contributed by atoms with van der Waals surface area (Å²) in [6, 6.07) is 20.5. The van der Waals surface area contributed by atoms with Gasteiger partial charge in [0.05, 0.1) is 5.41 Å². The number of hydrogen-bond donors (Lipinski definition) is 0. The van der Waals surface area contributed by atoms with Crippen LogP contribution in [0.1, 0.15) is 30.9 Å². The Kier molecular flexibility index (Phi) is 6.10. The molecule has 0 aromatic heterocycles. The maximum absolute atomic E-state index is 13.3. The zero-order chi connectivity index (χ0) is 17.6. The van der Waals surface area contributed by atoms with Crippen LogP contribution in [-0.4, -0.2) is 30.8 Å². The van der Waals surface area contributed by atoms with Crippen molar-refractivity contribution in [3.63, 3.8) is 0 Å². The van der Waals surface area contributed by atoms with Crippen LogP contribution in [0.25, 0.3) is 0 Å². The SMILES string of the molecule is C=CCC(=O)C(C[C@H](C)N(C)C)(c1ccccc1)c1ccccc1. The third-order valence-electron chi connectivity index (χ3n) is 4.82. The zero-order valence-electron chi connectivity index (χ0n) is 14.9. The predicted octanol–water partition coefficient (Wildman–Crippen LogP) is 4.46. The molecule has 2 rings (SSSR count). The number of benzene rings is 2. The average molecular weight is 321 g/mol. The molecule has 126 valence electrons. The Morgan fingerprint density at radius 3 is 1.88 bits per heavy atom. The van der Waals surface area contributed by atoms with Crippen molar-refractivity contribution in [1.82, 2.24) is 4.90 Å². The summed E-state index contributed by atoms with van der Waals surface area (Å²) in [4.78, 5) is 15.5. The van der Waals surface area contributed by atoms with Crippen LogP contribution < -0.4 is 0 Å². The van der Waals surface area contributed by atoms with Gasteiger partial charge in [-0.25, -0.2) is 0 Å². The van der Waals surface area contributed by atoms with Crippen molar-refractivity contribution in [2.75, 3.05) is 14.1 Å². The second-order valence-corrected chi connectivity index (χ2v) is 6.57. The number of hydrogen-bond acceptors (Lipinski definition) is 2. The van der Waals surface area contributed by atoms with Crippen molar-refractivity contribution in [2.24, 2.45) is 0 Å². The van der Waals surface area contributed by atoms with E-state index in [1.54, 1.807) is 6.08 Å². The highest BCUT2D eigenvalue weighted by atomic mass is 16.1. The normalized spacial score (nSPS) is 12.8. The van der Waals surface area contributed by atoms with Gasteiger partial charge in [0.1, 0.15) is 0 Å². The molecule has 0 unspecified atom stereocenters. The van der Waals surface area contributed by atoms with E-state index in [0.29, 0.717) is 6.42 Å². The number of ketones is 1. The van der Waals surface area contributed by atoms with Crippen LogP contribution in [0, 0.1) is 0 Å². The smallest absolute Gasteiger partial charge is 0.151 e. The molecule has 2 aromatic rings. The largest absolute Gasteiger partial charge is 0.307 e. The minimum atomic E-state index is -0.652. The van der Waals surface area contributed by atoms with Crippen molar-refractivity contribution in [3.8, 4) is 0 Å². The molecule has 0 aliphatic heterocycles. The number of Topliss-reactive ketones (excluding diaryl/α,β-unsaturated/α-hetero) is 1. The van der Waals surface area contributed by atoms with Gasteiger partial charge in [-0.3, -0.25) is 4.79 Å². The molecule has 0 N–H and O–H groups in total. The van der Waals surface area contributed by atoms with Gasteiger partial charge in [0.25, 0.3) is 0 Å². The molecule has 0 radical (unpaired) electrons. The van der Waals surface area contributed by atoms with Crippen molar-refractivity contribution < 1.29 is 4.79 Å². The second-order valence-electron chi connectivity index (χ2n) is 6.57. The second kappa shape index (κ2) is 8.07. The van der Waals surface area contributed by atoms with Crippen LogP contribution in [0.5, 0.6) is 0 Å². The molecule has 0 spiro atoms. The van der Waals surface area contributed by atoms with E-state index in [-0.39, 0.29) is 11.8 Å². The molecule has 0 aliphatic carbocycles. The average Bonchev–Trinajstić information content (AvgIpc) is 2.61. The minimum Gasteiger partial charge on any atom is -0.307 e. The summed E-state index contributed by atoms with van der Waals surface area (Å²) in [5, 5.41) is 0. The lowest BCUT2D eigenvalue weighted by Crippen LogP contribution is -2.43. The highest BCUT2D eigenvalue weighted by Gasteiger charge is 2.42. The van der Waals surface area contributed by atoms with Crippen molar-refractivity contribution >= 4 is 5.78 Å². The first-order valence-electron chi connectivity index (χ1n) is 8.44. The Morgan fingerprint density at radius 1 is 1.04 bits per heavy atom. The van der Waals surface area contributed by atoms with Gasteiger partial charge in [0.15, 0.2) is 5.78 Å². The van der Waals surface area contributed by atoms with E-state index in [0.717, 1.165) is 17.5 Å². The summed E-state index contributed by atoms with van der Waals surface area (Å²) in [5.41, 5.74) is 1.45. The van der Waals surface area contributed by atoms with Crippen LogP contribution in [0.4, 0.5) is 0 Å². The Labute approximate surface area is 145 Å². The minimum absolute atomic E-state index is 0.198. The number of nitrogens with zero attached hydrogens (tertiary/aromatic N) is 1. The number of carbonyl (C=O) groups excluding carboxylic acids is 1. The highest BCUT2D eigenvalue weighted by molar-refractivity contribution is 5.94. The summed E-state index contributed by atoms with van der Waals surface area (Å²) in [6.07, 6.45) is 2.81. The van der Waals surface area contributed by atoms with E-state index in [9.17, 15) is 4.79 Å². The number of allylic oxidation sites excluding steroid dienone is 1. The molecule has 2 nitrogen and oxygen atoms in total. The van der Waals surface area contributed by atoms with Gasteiger partial charge in [-0.05, 0) is 38.6 Å². The fourth-order valence-corrected chi connectivity index (χ4v) is 3.21. The molecule has 0 bridgehead atoms. The van der Waals surface area contributed by atoms with Gasteiger partial charge in [-0.15, -0.1) is 6.58 Å². The summed E-state index contributed by atoms with van der Waals surface area (Å²) in [7, 11) is 4.12. The van der Waals surface area contributed by atoms with E-state index >= 15 is 0 Å². The number of carbonyl (C=O) groups is 1. The molecule has 0 saturated carbocycles. The lowest BCUT2D eigenvalue weighted by atomic mass is 9.66. The van der Waals surface area contributed by atoms with E-state index < -0.39 is 5.41 Å². The summed E-state index contributed by atoms with van der Waals surface area (Å²) in [6.45, 7) is 5.95. The molecule has 0 aliphatic rings. The molecule has 0 fully saturated rings. The first kappa shape index (κ1) is 18.2. The monoisotopic (exact) mass is 321 g/mol. The molecular formula is C22H27NO. The van der Waals surface area contributed by atoms with E-state index in [1.165, 1.54) is 0 Å². The van der Waals surface area contributed by atoms with Gasteiger partial charge in [-0.2, -0.15) is 0 Å². The Morgan fingerprint density at radius 2 is 1.50 bits per heavy atom. The van der Waals surface area contributed by atoms with Gasteiger partial charge in [-0.1, -0.05) is 66.7 Å². The molecule has 2 heteroatoms. The topological polar surface area (TPSA) is 20.3 Å². The molecule has 2 aromatic carbocycles. The van der Waals surface area contributed by atoms with Crippen LogP contribution >= 0.6 is 0 Å². The van der Waals surface area contributed by atoms with Gasteiger partial charge < -0.3 is 4.90 Å². The molecular weight excluding hydrogens is 294 g/mol. The van der Waals surface area contributed by atoms with Crippen LogP contribution in [-0.2, 0) is 10.2 Å². The van der Waals surface area contributed by atoms with E-state index in [2.05, 4.69) is 56.8 Å². The summed E-state index contributed by atoms with van der Waals surface area (Å²) >= 11 is 0. The third-order valence-corrected chi connectivity index (χ3v) is 4.82. The van der Waals surface area contributed by atoms with Crippen molar-refractivity contribution in [1.29, 1.82) is 0 Å². The lowest BCUT2D eigenvalue weighted by molar-refractivity contribution is -0.123. The first-order valence-corrected chi connectivity index (χ1v) is 8.44. The van der Waals surface area contributed by atoms with E-state index in [1.807, 2.05) is 36.4 Å². The zero-order valence-corrected chi connectivity index (χ0v) is 14.9. The van der Waals surface area contributed by atoms with Gasteiger partial charge >= 0.3 is 0 Å². The van der Waals surface area contributed by atoms with Crippen LogP contribution in [0.2, 0.25) is 0 Å². The van der Waals surface area contributed by atoms with Crippen molar-refractivity contribution in [2.45, 2.75) is 31.2 Å². The summed E-state index contributed by atoms with van der Waals surface area (Å²) < 4.78 is 0. The maximum atomic E-state index is 13.3. The van der Waals surface area contributed by atoms with E-state index in [4.69, 9.17) is 0 Å². The fraction of sp³-hybridized carbons (Fsp3) is 0.318.